The van der Waals surface area contributed by atoms with Crippen molar-refractivity contribution in [2.75, 3.05) is 0 Å². The lowest BCUT2D eigenvalue weighted by Gasteiger charge is -2.12. The molecule has 22 heavy (non-hydrogen) atoms. The number of nitrogens with zero attached hydrogens (tertiary/aromatic N) is 2. The third kappa shape index (κ3) is 2.67. The molecule has 110 valence electrons. The van der Waals surface area contributed by atoms with Gasteiger partial charge in [0, 0.05) is 16.1 Å². The molecular formula is C16H8Cl2F2N2. The standard InChI is InChI=1S/C16H8Cl2F2N2/c17-10-6-4-9(5-7-10)11-8-21-22-16(18)14(11)15-12(19)2-1-3-13(15)20/h1-8H. The highest BCUT2D eigenvalue weighted by atomic mass is 35.5. The summed E-state index contributed by atoms with van der Waals surface area (Å²) in [6.45, 7) is 0. The van der Waals surface area contributed by atoms with E-state index < -0.39 is 11.6 Å². The highest BCUT2D eigenvalue weighted by Crippen LogP contribution is 2.38. The van der Waals surface area contributed by atoms with Crippen LogP contribution in [0.4, 0.5) is 8.78 Å². The molecule has 0 aliphatic rings. The Kier molecular flexibility index (Phi) is 4.05. The summed E-state index contributed by atoms with van der Waals surface area (Å²) in [5.41, 5.74) is 1.08. The molecule has 0 amide bonds. The Labute approximate surface area is 135 Å². The summed E-state index contributed by atoms with van der Waals surface area (Å²) >= 11 is 11.9. The maximum absolute atomic E-state index is 14.1. The highest BCUT2D eigenvalue weighted by molar-refractivity contribution is 6.33. The predicted octanol–water partition coefficient (Wildman–Crippen LogP) is 5.40. The average molecular weight is 337 g/mol. The fraction of sp³-hybridized carbons (Fsp3) is 0. The van der Waals surface area contributed by atoms with Gasteiger partial charge in [-0.15, -0.1) is 5.10 Å². The Hall–Kier alpha value is -2.04. The molecule has 0 saturated heterocycles. The summed E-state index contributed by atoms with van der Waals surface area (Å²) in [6.07, 6.45) is 1.41. The van der Waals surface area contributed by atoms with Crippen molar-refractivity contribution in [3.63, 3.8) is 0 Å². The van der Waals surface area contributed by atoms with Gasteiger partial charge in [-0.3, -0.25) is 0 Å². The Balaban J connectivity index is 2.30. The smallest absolute Gasteiger partial charge is 0.160 e. The highest BCUT2D eigenvalue weighted by Gasteiger charge is 2.20. The lowest BCUT2D eigenvalue weighted by Crippen LogP contribution is -1.97. The molecule has 0 radical (unpaired) electrons. The van der Waals surface area contributed by atoms with Crippen LogP contribution in [0.1, 0.15) is 0 Å². The van der Waals surface area contributed by atoms with Crippen molar-refractivity contribution in [1.82, 2.24) is 10.2 Å². The van der Waals surface area contributed by atoms with Gasteiger partial charge in [0.15, 0.2) is 5.15 Å². The first-order valence-electron chi connectivity index (χ1n) is 6.29. The van der Waals surface area contributed by atoms with Crippen molar-refractivity contribution in [1.29, 1.82) is 0 Å². The van der Waals surface area contributed by atoms with E-state index in [1.165, 1.54) is 24.4 Å². The summed E-state index contributed by atoms with van der Waals surface area (Å²) in [6, 6.07) is 10.4. The van der Waals surface area contributed by atoms with E-state index in [2.05, 4.69) is 10.2 Å². The number of hydrogen-bond acceptors (Lipinski definition) is 2. The molecule has 0 spiro atoms. The van der Waals surface area contributed by atoms with Gasteiger partial charge in [0.1, 0.15) is 11.6 Å². The van der Waals surface area contributed by atoms with Gasteiger partial charge in [0.2, 0.25) is 0 Å². The Morgan fingerprint density at radius 1 is 0.818 bits per heavy atom. The summed E-state index contributed by atoms with van der Waals surface area (Å²) in [5.74, 6) is -1.43. The molecule has 0 bridgehead atoms. The van der Waals surface area contributed by atoms with E-state index in [1.54, 1.807) is 24.3 Å². The van der Waals surface area contributed by atoms with Gasteiger partial charge in [0.25, 0.3) is 0 Å². The van der Waals surface area contributed by atoms with E-state index in [-0.39, 0.29) is 16.3 Å². The lowest BCUT2D eigenvalue weighted by atomic mass is 9.97. The summed E-state index contributed by atoms with van der Waals surface area (Å²) in [4.78, 5) is 0. The monoisotopic (exact) mass is 336 g/mol. The second kappa shape index (κ2) is 5.99. The van der Waals surface area contributed by atoms with Crippen LogP contribution in [0.25, 0.3) is 22.3 Å². The van der Waals surface area contributed by atoms with Crippen LogP contribution in [0.15, 0.2) is 48.7 Å². The largest absolute Gasteiger partial charge is 0.206 e. The van der Waals surface area contributed by atoms with Crippen molar-refractivity contribution in [2.45, 2.75) is 0 Å². The molecule has 1 aromatic heterocycles. The van der Waals surface area contributed by atoms with Gasteiger partial charge in [-0.25, -0.2) is 8.78 Å². The zero-order valence-corrected chi connectivity index (χ0v) is 12.5. The van der Waals surface area contributed by atoms with E-state index >= 15 is 0 Å². The van der Waals surface area contributed by atoms with Crippen LogP contribution >= 0.6 is 23.2 Å². The molecule has 2 aromatic carbocycles. The molecule has 0 saturated carbocycles. The maximum atomic E-state index is 14.1. The first-order valence-corrected chi connectivity index (χ1v) is 7.05. The minimum Gasteiger partial charge on any atom is -0.206 e. The Morgan fingerprint density at radius 3 is 2.09 bits per heavy atom. The molecule has 0 aliphatic carbocycles. The second-order valence-corrected chi connectivity index (χ2v) is 5.32. The number of benzene rings is 2. The number of halogens is 4. The maximum Gasteiger partial charge on any atom is 0.160 e. The van der Waals surface area contributed by atoms with Crippen LogP contribution in [0.3, 0.4) is 0 Å². The van der Waals surface area contributed by atoms with Crippen molar-refractivity contribution in [2.24, 2.45) is 0 Å². The van der Waals surface area contributed by atoms with E-state index in [4.69, 9.17) is 23.2 Å². The van der Waals surface area contributed by atoms with Crippen molar-refractivity contribution in [3.05, 3.63) is 70.5 Å². The van der Waals surface area contributed by atoms with Gasteiger partial charge in [-0.2, -0.15) is 5.10 Å². The van der Waals surface area contributed by atoms with Crippen molar-refractivity contribution < 1.29 is 8.78 Å². The van der Waals surface area contributed by atoms with Crippen LogP contribution < -0.4 is 0 Å². The molecular weight excluding hydrogens is 329 g/mol. The van der Waals surface area contributed by atoms with E-state index in [0.717, 1.165) is 0 Å². The number of aromatic nitrogens is 2. The zero-order valence-electron chi connectivity index (χ0n) is 11.0. The lowest BCUT2D eigenvalue weighted by molar-refractivity contribution is 0.589. The molecule has 3 aromatic rings. The molecule has 0 fully saturated rings. The summed E-state index contributed by atoms with van der Waals surface area (Å²) in [7, 11) is 0. The fourth-order valence-electron chi connectivity index (χ4n) is 2.19. The molecule has 3 rings (SSSR count). The second-order valence-electron chi connectivity index (χ2n) is 4.53. The number of hydrogen-bond donors (Lipinski definition) is 0. The Bertz CT molecular complexity index is 816. The summed E-state index contributed by atoms with van der Waals surface area (Å²) < 4.78 is 28.2. The van der Waals surface area contributed by atoms with Crippen LogP contribution in [0.2, 0.25) is 10.2 Å². The van der Waals surface area contributed by atoms with Gasteiger partial charge >= 0.3 is 0 Å². The first-order chi connectivity index (χ1) is 10.6. The third-order valence-corrected chi connectivity index (χ3v) is 3.69. The van der Waals surface area contributed by atoms with Crippen molar-refractivity contribution in [3.8, 4) is 22.3 Å². The molecule has 6 heteroatoms. The fourth-order valence-corrected chi connectivity index (χ4v) is 2.55. The minimum atomic E-state index is -0.717. The van der Waals surface area contributed by atoms with Crippen LogP contribution in [-0.2, 0) is 0 Å². The Morgan fingerprint density at radius 2 is 1.45 bits per heavy atom. The van der Waals surface area contributed by atoms with E-state index in [0.29, 0.717) is 16.1 Å². The van der Waals surface area contributed by atoms with Crippen LogP contribution in [-0.4, -0.2) is 10.2 Å². The van der Waals surface area contributed by atoms with Crippen LogP contribution in [0.5, 0.6) is 0 Å². The molecule has 0 N–H and O–H groups in total. The van der Waals surface area contributed by atoms with Gasteiger partial charge in [0.05, 0.1) is 11.8 Å². The normalized spacial score (nSPS) is 10.7. The predicted molar refractivity (Wildman–Crippen MR) is 82.8 cm³/mol. The van der Waals surface area contributed by atoms with E-state index in [1.807, 2.05) is 0 Å². The first kappa shape index (κ1) is 14.9. The van der Waals surface area contributed by atoms with Gasteiger partial charge in [-0.05, 0) is 29.8 Å². The van der Waals surface area contributed by atoms with Crippen molar-refractivity contribution >= 4 is 23.2 Å². The molecule has 0 atom stereocenters. The van der Waals surface area contributed by atoms with E-state index in [9.17, 15) is 8.78 Å². The number of rotatable bonds is 2. The molecule has 1 heterocycles. The molecule has 0 aliphatic heterocycles. The molecule has 0 unspecified atom stereocenters. The SMILES string of the molecule is Fc1cccc(F)c1-c1c(-c2ccc(Cl)cc2)cnnc1Cl. The topological polar surface area (TPSA) is 25.8 Å². The molecule has 2 nitrogen and oxygen atoms in total. The van der Waals surface area contributed by atoms with Gasteiger partial charge in [-0.1, -0.05) is 41.4 Å². The quantitative estimate of drug-likeness (QED) is 0.626. The average Bonchev–Trinajstić information content (AvgIpc) is 2.49. The van der Waals surface area contributed by atoms with Gasteiger partial charge < -0.3 is 0 Å². The summed E-state index contributed by atoms with van der Waals surface area (Å²) in [5, 5.41) is 7.94. The minimum absolute atomic E-state index is 0.0727. The zero-order chi connectivity index (χ0) is 15.7. The third-order valence-electron chi connectivity index (χ3n) is 3.18. The van der Waals surface area contributed by atoms with Crippen LogP contribution in [0, 0.1) is 11.6 Å².